The molecule has 1 amide bonds. The first-order valence-electron chi connectivity index (χ1n) is 11.2. The molecule has 2 aliphatic rings. The van der Waals surface area contributed by atoms with Gasteiger partial charge in [-0.3, -0.25) is 9.48 Å². The van der Waals surface area contributed by atoms with Crippen LogP contribution in [0.1, 0.15) is 57.4 Å². The van der Waals surface area contributed by atoms with E-state index in [9.17, 15) is 14.3 Å². The number of aromatic nitrogens is 2. The molecule has 2 heterocycles. The average molecular weight is 434 g/mol. The molecular weight excluding hydrogens is 405 g/mol. The maximum absolute atomic E-state index is 15.0. The Balaban J connectivity index is 1.44. The second kappa shape index (κ2) is 7.85. The average Bonchev–Trinajstić information content (AvgIpc) is 3.47. The highest BCUT2D eigenvalue weighted by molar-refractivity contribution is 5.99. The number of halogens is 1. The summed E-state index contributed by atoms with van der Waals surface area (Å²) >= 11 is 0. The first-order chi connectivity index (χ1) is 15.3. The third-order valence-electron chi connectivity index (χ3n) is 7.25. The SMILES string of the molecule is Cc1c(Cc2ccc(-c3ccn(C)n3)cc2F)cc2c(c1C)CN([C@@H]1CCC[C@H]1O)C2=O. The fourth-order valence-electron chi connectivity index (χ4n) is 5.19. The van der Waals surface area contributed by atoms with E-state index in [4.69, 9.17) is 0 Å². The number of carbonyl (C=O) groups excluding carboxylic acids is 1. The number of aliphatic hydroxyl groups is 1. The van der Waals surface area contributed by atoms with Gasteiger partial charge in [-0.1, -0.05) is 12.1 Å². The van der Waals surface area contributed by atoms with Gasteiger partial charge in [0, 0.05) is 37.3 Å². The smallest absolute Gasteiger partial charge is 0.254 e. The lowest BCUT2D eigenvalue weighted by atomic mass is 9.91. The highest BCUT2D eigenvalue weighted by Crippen LogP contribution is 2.36. The van der Waals surface area contributed by atoms with E-state index in [-0.39, 0.29) is 17.8 Å². The second-order valence-electron chi connectivity index (χ2n) is 9.17. The van der Waals surface area contributed by atoms with E-state index >= 15 is 0 Å². The predicted octanol–water partition coefficient (Wildman–Crippen LogP) is 4.30. The van der Waals surface area contributed by atoms with Crippen molar-refractivity contribution in [2.45, 2.75) is 58.2 Å². The van der Waals surface area contributed by atoms with Crippen LogP contribution < -0.4 is 0 Å². The van der Waals surface area contributed by atoms with Crippen LogP contribution in [0.15, 0.2) is 36.5 Å². The third kappa shape index (κ3) is 3.43. The number of nitrogens with zero attached hydrogens (tertiary/aromatic N) is 3. The fourth-order valence-corrected chi connectivity index (χ4v) is 5.19. The fraction of sp³-hybridized carbons (Fsp3) is 0.385. The minimum Gasteiger partial charge on any atom is -0.391 e. The van der Waals surface area contributed by atoms with Crippen LogP contribution in [0.3, 0.4) is 0 Å². The lowest BCUT2D eigenvalue weighted by molar-refractivity contribution is 0.0479. The van der Waals surface area contributed by atoms with Gasteiger partial charge in [-0.2, -0.15) is 5.10 Å². The summed E-state index contributed by atoms with van der Waals surface area (Å²) in [5, 5.41) is 14.7. The van der Waals surface area contributed by atoms with Crippen molar-refractivity contribution in [1.82, 2.24) is 14.7 Å². The van der Waals surface area contributed by atoms with Crippen LogP contribution in [0.4, 0.5) is 4.39 Å². The molecule has 5 nitrogen and oxygen atoms in total. The van der Waals surface area contributed by atoms with Gasteiger partial charge in [0.25, 0.3) is 5.91 Å². The highest BCUT2D eigenvalue weighted by Gasteiger charge is 2.39. The Morgan fingerprint density at radius 3 is 2.59 bits per heavy atom. The van der Waals surface area contributed by atoms with Gasteiger partial charge in [-0.05, 0) is 79.1 Å². The molecule has 1 N–H and O–H groups in total. The van der Waals surface area contributed by atoms with Gasteiger partial charge in [-0.25, -0.2) is 4.39 Å². The molecule has 1 fully saturated rings. The van der Waals surface area contributed by atoms with Crippen LogP contribution >= 0.6 is 0 Å². The van der Waals surface area contributed by atoms with Crippen LogP contribution in [0.2, 0.25) is 0 Å². The Morgan fingerprint density at radius 1 is 1.12 bits per heavy atom. The molecule has 3 aromatic rings. The topological polar surface area (TPSA) is 58.4 Å². The second-order valence-corrected chi connectivity index (χ2v) is 9.17. The monoisotopic (exact) mass is 433 g/mol. The van der Waals surface area contributed by atoms with Gasteiger partial charge in [0.15, 0.2) is 0 Å². The summed E-state index contributed by atoms with van der Waals surface area (Å²) in [5.74, 6) is -0.283. The van der Waals surface area contributed by atoms with Crippen LogP contribution in [-0.2, 0) is 20.0 Å². The molecule has 1 aliphatic heterocycles. The number of rotatable bonds is 4. The van der Waals surface area contributed by atoms with Crippen LogP contribution in [0, 0.1) is 19.7 Å². The Bertz CT molecular complexity index is 1220. The molecule has 2 aromatic carbocycles. The first kappa shape index (κ1) is 20.9. The van der Waals surface area contributed by atoms with Crippen LogP contribution in [0.25, 0.3) is 11.3 Å². The van der Waals surface area contributed by atoms with Gasteiger partial charge < -0.3 is 10.0 Å². The molecule has 5 rings (SSSR count). The number of carbonyl (C=O) groups is 1. The maximum Gasteiger partial charge on any atom is 0.254 e. The van der Waals surface area contributed by atoms with E-state index in [1.165, 1.54) is 6.07 Å². The van der Waals surface area contributed by atoms with Crippen molar-refractivity contribution in [3.05, 3.63) is 75.7 Å². The number of aliphatic hydroxyl groups excluding tert-OH is 1. The van der Waals surface area contributed by atoms with E-state index in [0.29, 0.717) is 24.1 Å². The Hall–Kier alpha value is -2.99. The van der Waals surface area contributed by atoms with Crippen LogP contribution in [0.5, 0.6) is 0 Å². The normalized spacial score (nSPS) is 20.3. The van der Waals surface area contributed by atoms with Gasteiger partial charge in [0.2, 0.25) is 0 Å². The van der Waals surface area contributed by atoms with Crippen molar-refractivity contribution < 1.29 is 14.3 Å². The summed E-state index contributed by atoms with van der Waals surface area (Å²) in [6.45, 7) is 4.64. The van der Waals surface area contributed by atoms with Gasteiger partial charge >= 0.3 is 0 Å². The molecular formula is C26H28FN3O2. The number of fused-ring (bicyclic) bond motifs is 1. The van der Waals surface area contributed by atoms with Gasteiger partial charge in [0.05, 0.1) is 17.8 Å². The number of hydrogen-bond acceptors (Lipinski definition) is 3. The molecule has 2 atom stereocenters. The molecule has 32 heavy (non-hydrogen) atoms. The van der Waals surface area contributed by atoms with Gasteiger partial charge in [-0.15, -0.1) is 0 Å². The minimum absolute atomic E-state index is 0.0127. The lowest BCUT2D eigenvalue weighted by Crippen LogP contribution is -2.40. The van der Waals surface area contributed by atoms with E-state index in [1.807, 2.05) is 56.3 Å². The molecule has 0 radical (unpaired) electrons. The molecule has 0 saturated heterocycles. The van der Waals surface area contributed by atoms with Crippen LogP contribution in [-0.4, -0.2) is 37.8 Å². The Kier molecular flexibility index (Phi) is 5.13. The zero-order valence-electron chi connectivity index (χ0n) is 18.7. The molecule has 166 valence electrons. The molecule has 1 aromatic heterocycles. The summed E-state index contributed by atoms with van der Waals surface area (Å²) in [6, 6.07) is 8.93. The van der Waals surface area contributed by atoms with Crippen molar-refractivity contribution >= 4 is 5.91 Å². The molecule has 0 spiro atoms. The molecule has 6 heteroatoms. The number of amides is 1. The Morgan fingerprint density at radius 2 is 1.94 bits per heavy atom. The first-order valence-corrected chi connectivity index (χ1v) is 11.2. The van der Waals surface area contributed by atoms with E-state index in [2.05, 4.69) is 5.10 Å². The largest absolute Gasteiger partial charge is 0.391 e. The van der Waals surface area contributed by atoms with Gasteiger partial charge in [0.1, 0.15) is 5.82 Å². The predicted molar refractivity (Wildman–Crippen MR) is 121 cm³/mol. The lowest BCUT2D eigenvalue weighted by Gasteiger charge is -2.26. The maximum atomic E-state index is 15.0. The number of aryl methyl sites for hydroxylation is 1. The van der Waals surface area contributed by atoms with E-state index < -0.39 is 6.10 Å². The third-order valence-corrected chi connectivity index (χ3v) is 7.25. The quantitative estimate of drug-likeness (QED) is 0.667. The zero-order valence-corrected chi connectivity index (χ0v) is 18.7. The van der Waals surface area contributed by atoms with E-state index in [1.54, 1.807) is 4.68 Å². The van der Waals surface area contributed by atoms with Crippen molar-refractivity contribution in [3.8, 4) is 11.3 Å². The number of hydrogen-bond donors (Lipinski definition) is 1. The molecule has 0 unspecified atom stereocenters. The summed E-state index contributed by atoms with van der Waals surface area (Å²) in [4.78, 5) is 15.0. The molecule has 0 bridgehead atoms. The zero-order chi connectivity index (χ0) is 22.6. The standard InChI is InChI=1S/C26H28FN3O2/c1-15-16(2)21-14-30(24-5-4-6-25(24)31)26(32)20(21)12-19(15)11-17-7-8-18(13-22(17)27)23-9-10-29(3)28-23/h7-10,12-13,24-25,31H,4-6,11,14H2,1-3H3/t24-,25-/m1/s1. The van der Waals surface area contributed by atoms with Crippen molar-refractivity contribution in [2.24, 2.45) is 7.05 Å². The summed E-state index contributed by atoms with van der Waals surface area (Å²) in [7, 11) is 1.84. The summed E-state index contributed by atoms with van der Waals surface area (Å²) < 4.78 is 16.7. The minimum atomic E-state index is -0.444. The summed E-state index contributed by atoms with van der Waals surface area (Å²) in [6.07, 6.45) is 4.36. The summed E-state index contributed by atoms with van der Waals surface area (Å²) in [5.41, 5.74) is 6.98. The van der Waals surface area contributed by atoms with Crippen molar-refractivity contribution in [1.29, 1.82) is 0 Å². The van der Waals surface area contributed by atoms with Crippen molar-refractivity contribution in [2.75, 3.05) is 0 Å². The highest BCUT2D eigenvalue weighted by atomic mass is 19.1. The molecule has 1 aliphatic carbocycles. The number of benzene rings is 2. The Labute approximate surface area is 187 Å². The van der Waals surface area contributed by atoms with Crippen molar-refractivity contribution in [3.63, 3.8) is 0 Å². The van der Waals surface area contributed by atoms with E-state index in [0.717, 1.165) is 52.8 Å². The molecule has 1 saturated carbocycles.